The first-order valence-corrected chi connectivity index (χ1v) is 3.75. The van der Waals surface area contributed by atoms with E-state index < -0.39 is 23.4 Å². The number of rotatable bonds is 2. The van der Waals surface area contributed by atoms with Crippen molar-refractivity contribution in [2.75, 3.05) is 13.2 Å². The van der Waals surface area contributed by atoms with Gasteiger partial charge in [-0.25, -0.2) is 0 Å². The quantitative estimate of drug-likeness (QED) is 0.406. The van der Waals surface area contributed by atoms with Crippen LogP contribution in [0.5, 0.6) is 0 Å². The van der Waals surface area contributed by atoms with Crippen LogP contribution in [0, 0.1) is 10.1 Å². The second kappa shape index (κ2) is 2.93. The van der Waals surface area contributed by atoms with Gasteiger partial charge in [0.25, 0.3) is 5.09 Å². The molecule has 2 rings (SSSR count). The van der Waals surface area contributed by atoms with Crippen LogP contribution in [0.4, 0.5) is 0 Å². The molecule has 2 fully saturated rings. The lowest BCUT2D eigenvalue weighted by Gasteiger charge is -2.11. The Kier molecular flexibility index (Phi) is 1.89. The molecule has 2 aliphatic rings. The maximum absolute atomic E-state index is 11.0. The van der Waals surface area contributed by atoms with E-state index in [-0.39, 0.29) is 19.0 Å². The molecule has 0 radical (unpaired) electrons. The second-order valence-corrected chi connectivity index (χ2v) is 2.86. The smallest absolute Gasteiger partial charge is 0.294 e. The molecule has 0 saturated carbocycles. The van der Waals surface area contributed by atoms with Gasteiger partial charge in [-0.1, -0.05) is 0 Å². The highest BCUT2D eigenvalue weighted by Crippen LogP contribution is 2.26. The molecule has 0 N–H and O–H groups in total. The Hall–Kier alpha value is -1.21. The Bertz CT molecular complexity index is 254. The number of hydrogen-bond donors (Lipinski definition) is 0. The first-order chi connectivity index (χ1) is 6.18. The van der Waals surface area contributed by atoms with Crippen molar-refractivity contribution in [3.8, 4) is 0 Å². The largest absolute Gasteiger partial charge is 0.365 e. The van der Waals surface area contributed by atoms with E-state index in [0.29, 0.717) is 0 Å². The zero-order valence-electron chi connectivity index (χ0n) is 6.54. The molecule has 0 bridgehead atoms. The number of carbonyl (C=O) groups is 1. The van der Waals surface area contributed by atoms with Crippen molar-refractivity contribution in [1.29, 1.82) is 0 Å². The normalized spacial score (nSPS) is 37.5. The third-order valence-corrected chi connectivity index (χ3v) is 2.06. The van der Waals surface area contributed by atoms with E-state index in [1.54, 1.807) is 0 Å². The van der Waals surface area contributed by atoms with Gasteiger partial charge in [-0.2, -0.15) is 0 Å². The topological polar surface area (TPSA) is 87.9 Å². The van der Waals surface area contributed by atoms with E-state index in [2.05, 4.69) is 4.84 Å². The van der Waals surface area contributed by atoms with Crippen LogP contribution in [0.2, 0.25) is 0 Å². The number of carbonyl (C=O) groups excluding carboxylic acids is 1. The summed E-state index contributed by atoms with van der Waals surface area (Å²) in [4.78, 5) is 25.3. The Morgan fingerprint density at radius 3 is 3.00 bits per heavy atom. The molecular weight excluding hydrogens is 182 g/mol. The molecule has 72 valence electrons. The molecule has 0 spiro atoms. The lowest BCUT2D eigenvalue weighted by molar-refractivity contribution is -0.769. The van der Waals surface area contributed by atoms with E-state index in [1.807, 2.05) is 0 Å². The molecule has 3 atom stereocenters. The van der Waals surface area contributed by atoms with Gasteiger partial charge in [0, 0.05) is 0 Å². The Balaban J connectivity index is 2.02. The molecule has 13 heavy (non-hydrogen) atoms. The summed E-state index contributed by atoms with van der Waals surface area (Å²) in [6, 6.07) is 0. The Morgan fingerprint density at radius 1 is 1.54 bits per heavy atom. The molecule has 7 heteroatoms. The van der Waals surface area contributed by atoms with E-state index in [4.69, 9.17) is 9.47 Å². The van der Waals surface area contributed by atoms with Crippen LogP contribution in [-0.2, 0) is 19.1 Å². The minimum atomic E-state index is -0.900. The highest BCUT2D eigenvalue weighted by Gasteiger charge is 2.48. The van der Waals surface area contributed by atoms with Crippen molar-refractivity contribution < 1.29 is 24.2 Å². The summed E-state index contributed by atoms with van der Waals surface area (Å²) < 4.78 is 10.00. The molecule has 2 heterocycles. The number of Topliss-reactive ketones (excluding diaryl/α,β-unsaturated/α-hetero) is 1. The standard InChI is InChI=1S/C6H7NO6/c8-3-1-11-6-4(13-7(9)10)2-12-5(3)6/h4-6H,1-2H2/t4-,5-,6-/m1/s1. The molecule has 2 saturated heterocycles. The zero-order chi connectivity index (χ0) is 9.42. The molecular formula is C6H7NO6. The van der Waals surface area contributed by atoms with Crippen molar-refractivity contribution in [3.63, 3.8) is 0 Å². The van der Waals surface area contributed by atoms with Crippen molar-refractivity contribution >= 4 is 5.78 Å². The van der Waals surface area contributed by atoms with Gasteiger partial charge in [-0.3, -0.25) is 4.79 Å². The summed E-state index contributed by atoms with van der Waals surface area (Å²) in [5.41, 5.74) is 0. The van der Waals surface area contributed by atoms with E-state index in [9.17, 15) is 14.9 Å². The lowest BCUT2D eigenvalue weighted by atomic mass is 10.1. The first-order valence-electron chi connectivity index (χ1n) is 3.75. The first kappa shape index (κ1) is 8.39. The van der Waals surface area contributed by atoms with Crippen molar-refractivity contribution in [3.05, 3.63) is 10.1 Å². The van der Waals surface area contributed by atoms with Crippen LogP contribution in [0.25, 0.3) is 0 Å². The molecule has 0 aromatic rings. The fourth-order valence-electron chi connectivity index (χ4n) is 1.52. The minimum Gasteiger partial charge on any atom is -0.365 e. The van der Waals surface area contributed by atoms with Crippen molar-refractivity contribution in [2.24, 2.45) is 0 Å². The number of ketones is 1. The number of ether oxygens (including phenoxy) is 2. The van der Waals surface area contributed by atoms with Gasteiger partial charge < -0.3 is 14.3 Å². The second-order valence-electron chi connectivity index (χ2n) is 2.86. The maximum atomic E-state index is 11.0. The molecule has 0 aliphatic carbocycles. The van der Waals surface area contributed by atoms with E-state index >= 15 is 0 Å². The number of nitrogens with zero attached hydrogens (tertiary/aromatic N) is 1. The van der Waals surface area contributed by atoms with Crippen LogP contribution in [0.15, 0.2) is 0 Å². The minimum absolute atomic E-state index is 0.0298. The number of fused-ring (bicyclic) bond motifs is 1. The molecule has 7 nitrogen and oxygen atoms in total. The molecule has 0 unspecified atom stereocenters. The van der Waals surface area contributed by atoms with Crippen molar-refractivity contribution in [2.45, 2.75) is 18.3 Å². The molecule has 0 amide bonds. The summed E-state index contributed by atoms with van der Waals surface area (Å²) in [5.74, 6) is -0.181. The molecule has 2 aliphatic heterocycles. The number of hydrogen-bond acceptors (Lipinski definition) is 6. The highest BCUT2D eigenvalue weighted by atomic mass is 17.0. The van der Waals surface area contributed by atoms with Gasteiger partial charge in [-0.05, 0) is 0 Å². The average molecular weight is 189 g/mol. The van der Waals surface area contributed by atoms with Gasteiger partial charge in [-0.15, -0.1) is 10.1 Å². The fraction of sp³-hybridized carbons (Fsp3) is 0.833. The summed E-state index contributed by atoms with van der Waals surface area (Å²) in [5, 5.41) is 9.11. The van der Waals surface area contributed by atoms with Crippen LogP contribution < -0.4 is 0 Å². The average Bonchev–Trinajstić information content (AvgIpc) is 2.56. The third kappa shape index (κ3) is 1.36. The van der Waals surface area contributed by atoms with Crippen molar-refractivity contribution in [1.82, 2.24) is 0 Å². The summed E-state index contributed by atoms with van der Waals surface area (Å²) >= 11 is 0. The zero-order valence-corrected chi connectivity index (χ0v) is 6.54. The van der Waals surface area contributed by atoms with Crippen LogP contribution in [0.1, 0.15) is 0 Å². The van der Waals surface area contributed by atoms with Gasteiger partial charge in [0.15, 0.2) is 11.9 Å². The highest BCUT2D eigenvalue weighted by molar-refractivity contribution is 5.87. The summed E-state index contributed by atoms with van der Waals surface area (Å²) in [7, 11) is 0. The van der Waals surface area contributed by atoms with Crippen LogP contribution >= 0.6 is 0 Å². The SMILES string of the molecule is O=C1CO[C@H]2[C@@H]1OC[C@H]2O[N+](=O)[O-]. The van der Waals surface area contributed by atoms with Gasteiger partial charge >= 0.3 is 0 Å². The van der Waals surface area contributed by atoms with Gasteiger partial charge in [0.05, 0.1) is 6.61 Å². The lowest BCUT2D eigenvalue weighted by Crippen LogP contribution is -2.32. The predicted octanol–water partition coefficient (Wildman–Crippen LogP) is -1.07. The monoisotopic (exact) mass is 189 g/mol. The van der Waals surface area contributed by atoms with Gasteiger partial charge in [0.1, 0.15) is 18.8 Å². The molecule has 0 aromatic heterocycles. The Labute approximate surface area is 72.7 Å². The maximum Gasteiger partial charge on any atom is 0.294 e. The fourth-order valence-corrected chi connectivity index (χ4v) is 1.52. The predicted molar refractivity (Wildman–Crippen MR) is 36.4 cm³/mol. The van der Waals surface area contributed by atoms with E-state index in [1.165, 1.54) is 0 Å². The Morgan fingerprint density at radius 2 is 2.31 bits per heavy atom. The van der Waals surface area contributed by atoms with E-state index in [0.717, 1.165) is 0 Å². The van der Waals surface area contributed by atoms with Gasteiger partial charge in [0.2, 0.25) is 0 Å². The van der Waals surface area contributed by atoms with Crippen LogP contribution in [0.3, 0.4) is 0 Å². The third-order valence-electron chi connectivity index (χ3n) is 2.06. The summed E-state index contributed by atoms with van der Waals surface area (Å²) in [6.45, 7) is -0.0189. The molecule has 0 aromatic carbocycles. The van der Waals surface area contributed by atoms with Crippen LogP contribution in [-0.4, -0.2) is 42.4 Å². The summed E-state index contributed by atoms with van der Waals surface area (Å²) in [6.07, 6.45) is -2.06.